The molecule has 8 nitrogen and oxygen atoms in total. The molecule has 1 heterocycles. The molecule has 186 valence electrons. The Labute approximate surface area is 202 Å². The zero-order chi connectivity index (χ0) is 25.6. The van der Waals surface area contributed by atoms with Gasteiger partial charge in [-0.05, 0) is 54.6 Å². The van der Waals surface area contributed by atoms with Gasteiger partial charge in [0, 0.05) is 5.54 Å². The van der Waals surface area contributed by atoms with Gasteiger partial charge < -0.3 is 5.84 Å². The maximum absolute atomic E-state index is 12.9. The molecule has 0 saturated heterocycles. The molecule has 34 heavy (non-hydrogen) atoms. The number of fused-ring (bicyclic) bond motifs is 1. The molecule has 0 spiro atoms. The first-order chi connectivity index (χ1) is 15.7. The average Bonchev–Trinajstić information content (AvgIpc) is 3.46. The van der Waals surface area contributed by atoms with Gasteiger partial charge in [-0.3, -0.25) is 9.36 Å². The van der Waals surface area contributed by atoms with E-state index in [2.05, 4.69) is 57.7 Å². The SMILES string of the molecule is CC(C)[Si](C#CCn1c(=O)n(N)c(=O)c2cc(S(=O)(=O)NC3(C)CC3)ccc21)(C(C)C)C(C)C. The molecular weight excluding hydrogens is 468 g/mol. The maximum atomic E-state index is 12.9. The van der Waals surface area contributed by atoms with Gasteiger partial charge in [-0.25, -0.2) is 17.9 Å². The third-order valence-electron chi connectivity index (χ3n) is 7.24. The molecule has 0 radical (unpaired) electrons. The van der Waals surface area contributed by atoms with E-state index in [0.29, 0.717) is 26.8 Å². The molecular formula is C24H36N4O4SSi. The van der Waals surface area contributed by atoms with Gasteiger partial charge >= 0.3 is 5.69 Å². The molecule has 1 saturated carbocycles. The van der Waals surface area contributed by atoms with Crippen LogP contribution in [0.15, 0.2) is 32.7 Å². The van der Waals surface area contributed by atoms with Crippen LogP contribution in [0.4, 0.5) is 0 Å². The van der Waals surface area contributed by atoms with Crippen molar-refractivity contribution in [2.45, 2.75) is 94.9 Å². The van der Waals surface area contributed by atoms with E-state index in [1.54, 1.807) is 0 Å². The number of benzene rings is 1. The van der Waals surface area contributed by atoms with Gasteiger partial charge in [0.25, 0.3) is 5.56 Å². The number of nitrogen functional groups attached to an aromatic ring is 1. The van der Waals surface area contributed by atoms with Crippen molar-refractivity contribution < 1.29 is 8.42 Å². The third-order valence-corrected chi connectivity index (χ3v) is 15.2. The molecule has 0 bridgehead atoms. The van der Waals surface area contributed by atoms with E-state index >= 15 is 0 Å². The smallest absolute Gasteiger partial charge is 0.332 e. The highest BCUT2D eigenvalue weighted by Crippen LogP contribution is 2.40. The molecule has 3 N–H and O–H groups in total. The molecule has 1 fully saturated rings. The van der Waals surface area contributed by atoms with Gasteiger partial charge in [-0.2, -0.15) is 4.68 Å². The minimum absolute atomic E-state index is 0.0349. The summed E-state index contributed by atoms with van der Waals surface area (Å²) in [5, 5.41) is 0.0628. The monoisotopic (exact) mass is 504 g/mol. The van der Waals surface area contributed by atoms with Gasteiger partial charge in [0.1, 0.15) is 8.07 Å². The summed E-state index contributed by atoms with van der Waals surface area (Å²) < 4.78 is 30.2. The molecule has 1 aliphatic rings. The highest BCUT2D eigenvalue weighted by molar-refractivity contribution is 7.89. The van der Waals surface area contributed by atoms with Crippen LogP contribution in [0.1, 0.15) is 61.3 Å². The zero-order valence-electron chi connectivity index (χ0n) is 21.1. The second-order valence-electron chi connectivity index (χ2n) is 10.6. The normalized spacial score (nSPS) is 15.7. The van der Waals surface area contributed by atoms with Crippen LogP contribution in [0.2, 0.25) is 16.6 Å². The van der Waals surface area contributed by atoms with Crippen LogP contribution in [-0.2, 0) is 16.6 Å². The predicted octanol–water partition coefficient (Wildman–Crippen LogP) is 2.93. The van der Waals surface area contributed by atoms with Crippen molar-refractivity contribution in [1.29, 1.82) is 0 Å². The number of aromatic nitrogens is 2. The first kappa shape index (κ1) is 26.3. The van der Waals surface area contributed by atoms with Crippen LogP contribution in [0, 0.1) is 11.5 Å². The Hall–Kier alpha value is -2.35. The summed E-state index contributed by atoms with van der Waals surface area (Å²) in [4.78, 5) is 25.6. The molecule has 1 aromatic heterocycles. The molecule has 1 aromatic carbocycles. The van der Waals surface area contributed by atoms with Crippen LogP contribution in [0.25, 0.3) is 10.9 Å². The second kappa shape index (κ2) is 9.02. The lowest BCUT2D eigenvalue weighted by atomic mass is 10.2. The summed E-state index contributed by atoms with van der Waals surface area (Å²) in [5.41, 5.74) is 3.32. The van der Waals surface area contributed by atoms with Crippen molar-refractivity contribution in [3.63, 3.8) is 0 Å². The topological polar surface area (TPSA) is 116 Å². The van der Waals surface area contributed by atoms with Gasteiger partial charge in [0.2, 0.25) is 10.0 Å². The van der Waals surface area contributed by atoms with E-state index in [1.807, 2.05) is 6.92 Å². The standard InChI is InChI=1S/C24H36N4O4SSi/c1-16(2)34(17(3)4,18(5)6)14-8-13-27-21-10-9-19(33(31,32)26-24(7)11-12-24)15-20(21)22(29)28(25)23(27)30/h9-10,15-18,26H,11-13,25H2,1-7H3. The van der Waals surface area contributed by atoms with E-state index < -0.39 is 34.9 Å². The molecule has 0 aliphatic heterocycles. The fourth-order valence-electron chi connectivity index (χ4n) is 5.07. The maximum Gasteiger partial charge on any atom is 0.351 e. The van der Waals surface area contributed by atoms with Crippen molar-refractivity contribution >= 4 is 29.0 Å². The quantitative estimate of drug-likeness (QED) is 0.342. The minimum Gasteiger partial charge on any atom is -0.332 e. The average molecular weight is 505 g/mol. The summed E-state index contributed by atoms with van der Waals surface area (Å²) in [6.07, 6.45) is 1.53. The lowest BCUT2D eigenvalue weighted by Gasteiger charge is -2.38. The molecule has 2 aromatic rings. The first-order valence-electron chi connectivity index (χ1n) is 11.7. The molecule has 0 atom stereocenters. The fourth-order valence-corrected chi connectivity index (χ4v) is 11.8. The van der Waals surface area contributed by atoms with Crippen LogP contribution < -0.4 is 21.8 Å². The highest BCUT2D eigenvalue weighted by atomic mass is 32.2. The lowest BCUT2D eigenvalue weighted by molar-refractivity contribution is 0.558. The Balaban J connectivity index is 2.12. The van der Waals surface area contributed by atoms with Crippen LogP contribution in [0.3, 0.4) is 0 Å². The second-order valence-corrected chi connectivity index (χ2v) is 17.9. The Kier molecular flexibility index (Phi) is 6.97. The van der Waals surface area contributed by atoms with E-state index in [1.165, 1.54) is 22.8 Å². The number of nitrogens with one attached hydrogen (secondary N) is 1. The summed E-state index contributed by atoms with van der Waals surface area (Å²) in [6.45, 7) is 15.2. The van der Waals surface area contributed by atoms with Gasteiger partial charge in [0.05, 0.1) is 22.3 Å². The van der Waals surface area contributed by atoms with Crippen molar-refractivity contribution in [2.75, 3.05) is 5.84 Å². The Bertz CT molecular complexity index is 1370. The van der Waals surface area contributed by atoms with E-state index in [4.69, 9.17) is 5.84 Å². The van der Waals surface area contributed by atoms with Crippen LogP contribution in [0.5, 0.6) is 0 Å². The van der Waals surface area contributed by atoms with E-state index in [0.717, 1.165) is 12.8 Å². The number of sulfonamides is 1. The molecule has 0 unspecified atom stereocenters. The van der Waals surface area contributed by atoms with Crippen molar-refractivity contribution in [1.82, 2.24) is 14.0 Å². The summed E-state index contributed by atoms with van der Waals surface area (Å²) >= 11 is 0. The summed E-state index contributed by atoms with van der Waals surface area (Å²) in [7, 11) is -5.82. The van der Waals surface area contributed by atoms with E-state index in [9.17, 15) is 18.0 Å². The predicted molar refractivity (Wildman–Crippen MR) is 139 cm³/mol. The number of nitrogens with zero attached hydrogens (tertiary/aromatic N) is 2. The van der Waals surface area contributed by atoms with E-state index in [-0.39, 0.29) is 16.8 Å². The van der Waals surface area contributed by atoms with Crippen LogP contribution >= 0.6 is 0 Å². The third kappa shape index (κ3) is 4.61. The molecule has 0 amide bonds. The molecule has 3 rings (SSSR count). The van der Waals surface area contributed by atoms with Crippen molar-refractivity contribution in [3.8, 4) is 11.5 Å². The van der Waals surface area contributed by atoms with Crippen molar-refractivity contribution in [2.24, 2.45) is 0 Å². The zero-order valence-corrected chi connectivity index (χ0v) is 22.9. The number of hydrogen-bond acceptors (Lipinski definition) is 5. The number of hydrogen-bond donors (Lipinski definition) is 2. The highest BCUT2D eigenvalue weighted by Gasteiger charge is 2.42. The number of rotatable bonds is 7. The lowest BCUT2D eigenvalue weighted by Crippen LogP contribution is -2.45. The molecule has 10 heteroatoms. The van der Waals surface area contributed by atoms with Gasteiger partial charge in [-0.1, -0.05) is 47.5 Å². The first-order valence-corrected chi connectivity index (χ1v) is 15.5. The minimum atomic E-state index is -3.81. The van der Waals surface area contributed by atoms with Gasteiger partial charge in [-0.15, -0.1) is 5.54 Å². The fraction of sp³-hybridized carbons (Fsp3) is 0.583. The van der Waals surface area contributed by atoms with Crippen LogP contribution in [-0.4, -0.2) is 31.3 Å². The number of nitrogens with two attached hydrogens (primary N) is 1. The summed E-state index contributed by atoms with van der Waals surface area (Å²) in [5.74, 6) is 9.01. The Morgan fingerprint density at radius 2 is 1.65 bits per heavy atom. The summed E-state index contributed by atoms with van der Waals surface area (Å²) in [6, 6.07) is 4.19. The molecule has 1 aliphatic carbocycles. The Morgan fingerprint density at radius 3 is 2.15 bits per heavy atom. The Morgan fingerprint density at radius 1 is 1.09 bits per heavy atom. The van der Waals surface area contributed by atoms with Gasteiger partial charge in [0.15, 0.2) is 0 Å². The van der Waals surface area contributed by atoms with Crippen molar-refractivity contribution in [3.05, 3.63) is 39.0 Å². The largest absolute Gasteiger partial charge is 0.351 e.